The lowest BCUT2D eigenvalue weighted by atomic mass is 9.70. The number of likely N-dealkylation sites (tertiary alicyclic amines) is 1. The van der Waals surface area contributed by atoms with Gasteiger partial charge in [-0.05, 0) is 57.4 Å². The van der Waals surface area contributed by atoms with Crippen LogP contribution in [0, 0.1) is 23.7 Å². The second kappa shape index (κ2) is 11.5. The summed E-state index contributed by atoms with van der Waals surface area (Å²) in [5.74, 6) is -2.83. The van der Waals surface area contributed by atoms with E-state index in [4.69, 9.17) is 4.74 Å². The lowest BCUT2D eigenvalue weighted by Crippen LogP contribution is -2.44. The molecule has 1 saturated heterocycles. The van der Waals surface area contributed by atoms with E-state index in [1.165, 1.54) is 4.90 Å². The van der Waals surface area contributed by atoms with Crippen molar-refractivity contribution < 1.29 is 24.2 Å². The lowest BCUT2D eigenvalue weighted by Gasteiger charge is -2.32. The number of esters is 1. The Kier molecular flexibility index (Phi) is 8.72. The second-order valence-corrected chi connectivity index (χ2v) is 8.89. The van der Waals surface area contributed by atoms with Crippen molar-refractivity contribution in [2.24, 2.45) is 23.7 Å². The van der Waals surface area contributed by atoms with Gasteiger partial charge in [0.15, 0.2) is 0 Å². The molecule has 8 nitrogen and oxygen atoms in total. The number of aliphatic hydroxyl groups excluding tert-OH is 1. The third kappa shape index (κ3) is 5.12. The topological polar surface area (TPSA) is 99.2 Å². The predicted octanol–water partition coefficient (Wildman–Crippen LogP) is 2.68. The zero-order valence-corrected chi connectivity index (χ0v) is 20.6. The summed E-state index contributed by atoms with van der Waals surface area (Å²) >= 11 is 0. The van der Waals surface area contributed by atoms with E-state index in [-0.39, 0.29) is 37.5 Å². The van der Waals surface area contributed by atoms with Crippen LogP contribution in [0.2, 0.25) is 0 Å². The summed E-state index contributed by atoms with van der Waals surface area (Å²) < 4.78 is 5.28. The molecule has 1 fully saturated rings. The van der Waals surface area contributed by atoms with Gasteiger partial charge in [0.25, 0.3) is 0 Å². The Morgan fingerprint density at radius 2 is 1.79 bits per heavy atom. The average molecular weight is 472 g/mol. The van der Waals surface area contributed by atoms with E-state index >= 15 is 0 Å². The summed E-state index contributed by atoms with van der Waals surface area (Å²) in [6, 6.07) is 6.89. The van der Waals surface area contributed by atoms with E-state index in [0.717, 1.165) is 18.8 Å². The molecule has 1 aromatic rings. The molecule has 1 aliphatic carbocycles. The van der Waals surface area contributed by atoms with Crippen LogP contribution in [0.5, 0.6) is 0 Å². The molecule has 34 heavy (non-hydrogen) atoms. The van der Waals surface area contributed by atoms with Gasteiger partial charge in [0.1, 0.15) is 6.04 Å². The number of amides is 2. The summed E-state index contributed by atoms with van der Waals surface area (Å²) in [7, 11) is 0. The van der Waals surface area contributed by atoms with Crippen LogP contribution in [0.25, 0.3) is 0 Å². The first-order chi connectivity index (χ1) is 16.4. The number of carbonyl (C=O) groups excluding carboxylic acids is 3. The number of benzene rings is 1. The summed E-state index contributed by atoms with van der Waals surface area (Å²) in [5, 5.41) is 12.3. The number of hydrogen-bond donors (Lipinski definition) is 2. The Morgan fingerprint density at radius 1 is 1.12 bits per heavy atom. The molecule has 2 N–H and O–H groups in total. The van der Waals surface area contributed by atoms with Gasteiger partial charge in [-0.2, -0.15) is 0 Å². The molecular formula is C26H37N3O5. The zero-order chi connectivity index (χ0) is 24.8. The first-order valence-electron chi connectivity index (χ1n) is 12.3. The van der Waals surface area contributed by atoms with E-state index in [1.807, 2.05) is 43.3 Å². The van der Waals surface area contributed by atoms with Gasteiger partial charge in [-0.3, -0.25) is 14.4 Å². The van der Waals surface area contributed by atoms with E-state index in [2.05, 4.69) is 24.1 Å². The van der Waals surface area contributed by atoms with Crippen LogP contribution in [0.1, 0.15) is 34.1 Å². The van der Waals surface area contributed by atoms with Gasteiger partial charge in [0.2, 0.25) is 11.8 Å². The van der Waals surface area contributed by atoms with Gasteiger partial charge in [-0.15, -0.1) is 0 Å². The van der Waals surface area contributed by atoms with Gasteiger partial charge < -0.3 is 25.0 Å². The number of anilines is 2. The summed E-state index contributed by atoms with van der Waals surface area (Å²) in [6.45, 7) is 10.00. The Bertz CT molecular complexity index is 896. The number of nitrogens with zero attached hydrogens (tertiary/aromatic N) is 2. The Hall–Kier alpha value is -2.87. The monoisotopic (exact) mass is 471 g/mol. The van der Waals surface area contributed by atoms with Gasteiger partial charge in [-0.25, -0.2) is 0 Å². The number of ether oxygens (including phenoxy) is 1. The smallest absolute Gasteiger partial charge is 0.310 e. The molecule has 1 aliphatic heterocycles. The third-order valence-electron chi connectivity index (χ3n) is 6.92. The molecule has 186 valence electrons. The van der Waals surface area contributed by atoms with Crippen LogP contribution in [0.4, 0.5) is 11.4 Å². The Balaban J connectivity index is 1.87. The van der Waals surface area contributed by atoms with E-state index in [1.54, 1.807) is 6.92 Å². The maximum Gasteiger partial charge on any atom is 0.310 e. The molecule has 2 aliphatic rings. The van der Waals surface area contributed by atoms with Crippen molar-refractivity contribution in [3.8, 4) is 0 Å². The molecule has 1 aromatic carbocycles. The van der Waals surface area contributed by atoms with Crippen LogP contribution < -0.4 is 10.2 Å². The quantitative estimate of drug-likeness (QED) is 0.402. The summed E-state index contributed by atoms with van der Waals surface area (Å²) in [5.41, 5.74) is 1.72. The molecule has 5 atom stereocenters. The van der Waals surface area contributed by atoms with Crippen molar-refractivity contribution in [2.45, 2.75) is 40.2 Å². The van der Waals surface area contributed by atoms with Crippen LogP contribution in [0.3, 0.4) is 0 Å². The highest BCUT2D eigenvalue weighted by Gasteiger charge is 2.56. The molecule has 0 saturated carbocycles. The number of carbonyl (C=O) groups is 3. The molecule has 0 unspecified atom stereocenters. The molecule has 2 amide bonds. The maximum absolute atomic E-state index is 13.5. The van der Waals surface area contributed by atoms with Crippen molar-refractivity contribution in [3.05, 3.63) is 36.4 Å². The highest BCUT2D eigenvalue weighted by molar-refractivity contribution is 6.01. The molecule has 0 radical (unpaired) electrons. The molecular weight excluding hydrogens is 434 g/mol. The molecule has 0 aromatic heterocycles. The van der Waals surface area contributed by atoms with Crippen molar-refractivity contribution in [1.29, 1.82) is 0 Å². The zero-order valence-electron chi connectivity index (χ0n) is 20.6. The second-order valence-electron chi connectivity index (χ2n) is 8.89. The normalized spacial score (nSPS) is 25.7. The highest BCUT2D eigenvalue weighted by atomic mass is 16.5. The fourth-order valence-electron chi connectivity index (χ4n) is 5.23. The van der Waals surface area contributed by atoms with Gasteiger partial charge in [0, 0.05) is 43.5 Å². The maximum atomic E-state index is 13.5. The first kappa shape index (κ1) is 25.7. The molecule has 0 bridgehead atoms. The third-order valence-corrected chi connectivity index (χ3v) is 6.92. The predicted molar refractivity (Wildman–Crippen MR) is 131 cm³/mol. The number of fused-ring (bicyclic) bond motifs is 1. The van der Waals surface area contributed by atoms with E-state index < -0.39 is 29.8 Å². The van der Waals surface area contributed by atoms with Crippen molar-refractivity contribution in [1.82, 2.24) is 4.90 Å². The van der Waals surface area contributed by atoms with Crippen LogP contribution in [0.15, 0.2) is 36.4 Å². The van der Waals surface area contributed by atoms with Gasteiger partial charge >= 0.3 is 5.97 Å². The van der Waals surface area contributed by atoms with Crippen molar-refractivity contribution in [3.63, 3.8) is 0 Å². The first-order valence-corrected chi connectivity index (χ1v) is 12.3. The van der Waals surface area contributed by atoms with Gasteiger partial charge in [0.05, 0.1) is 18.4 Å². The summed E-state index contributed by atoms with van der Waals surface area (Å²) in [4.78, 5) is 43.4. The number of hydrogen-bond acceptors (Lipinski definition) is 6. The van der Waals surface area contributed by atoms with Crippen molar-refractivity contribution >= 4 is 29.2 Å². The minimum absolute atomic E-state index is 0.0895. The van der Waals surface area contributed by atoms with E-state index in [0.29, 0.717) is 12.1 Å². The number of allylic oxidation sites excluding steroid dienone is 1. The minimum Gasteiger partial charge on any atom is -0.466 e. The average Bonchev–Trinajstić information content (AvgIpc) is 3.11. The Morgan fingerprint density at radius 3 is 2.38 bits per heavy atom. The molecule has 0 spiro atoms. The van der Waals surface area contributed by atoms with Gasteiger partial charge in [-0.1, -0.05) is 19.1 Å². The lowest BCUT2D eigenvalue weighted by molar-refractivity contribution is -0.155. The number of nitrogens with one attached hydrogen (secondary N) is 1. The van der Waals surface area contributed by atoms with Crippen molar-refractivity contribution in [2.75, 3.05) is 43.1 Å². The Labute approximate surface area is 201 Å². The fraction of sp³-hybridized carbons (Fsp3) is 0.577. The van der Waals surface area contributed by atoms with Crippen LogP contribution >= 0.6 is 0 Å². The highest BCUT2D eigenvalue weighted by Crippen LogP contribution is 2.44. The molecule has 3 rings (SSSR count). The molecule has 8 heteroatoms. The van der Waals surface area contributed by atoms with Crippen LogP contribution in [-0.4, -0.2) is 66.7 Å². The number of aliphatic hydroxyl groups is 1. The standard InChI is InChI=1S/C26H37N3O5/c1-5-28(6-2)19-12-10-18(11-13-19)27-24(31)23-20-14-9-17(4)21(26(33)34-7-3)22(20)25(32)29(23)15-8-16-30/h9-14,17,20-23,30H,5-8,15-16H2,1-4H3,(H,27,31)/t17-,20+,21-,22+,23+/m1/s1. The fourth-order valence-corrected chi connectivity index (χ4v) is 5.23. The SMILES string of the molecule is CCOC(=O)[C@H]1[C@H]2C(=O)N(CCCO)[C@H](C(=O)Nc3ccc(N(CC)CC)cc3)[C@H]2C=C[C@H]1C. The minimum atomic E-state index is -0.757. The summed E-state index contributed by atoms with van der Waals surface area (Å²) in [6.07, 6.45) is 4.16. The molecule has 1 heterocycles. The van der Waals surface area contributed by atoms with E-state index in [9.17, 15) is 19.5 Å². The van der Waals surface area contributed by atoms with Crippen LogP contribution in [-0.2, 0) is 19.1 Å². The largest absolute Gasteiger partial charge is 0.466 e. The number of rotatable bonds is 10.